The van der Waals surface area contributed by atoms with Crippen LogP contribution in [0.25, 0.3) is 5.57 Å². The minimum absolute atomic E-state index is 0.0299. The van der Waals surface area contributed by atoms with Crippen molar-refractivity contribution in [1.82, 2.24) is 28.5 Å². The standard InChI is InChI=1S/C36H48N10O5S2/c1-25(2)50-35-34(29(16-37)17-38)42-24-46(39-3)36(35)41-23-40-30-10-12-45(13-11-30)53(48,49)33-7-5-6-31(15-33)51-32-20-44(21-32)18-26-8-9-27(22-47)28(14-26)19-43(4)52/h5-9,14-17,22,24-25,30,32,37,40,52H,3,10-13,18-21,23,38H2,1-2,4H3/b29-17?,37-16?,41-36-. The molecule has 4 N–H and O–H groups in total. The molecule has 2 aliphatic rings. The number of aldehydes is 1. The number of rotatable bonds is 17. The highest BCUT2D eigenvalue weighted by molar-refractivity contribution is 7.89. The number of piperidine rings is 1. The topological polar surface area (TPSA) is 184 Å². The zero-order valence-electron chi connectivity index (χ0n) is 30.3. The van der Waals surface area contributed by atoms with Gasteiger partial charge in [0, 0.05) is 81.6 Å². The third-order valence-corrected chi connectivity index (χ3v) is 11.0. The molecule has 0 radical (unpaired) electrons. The number of carbonyl (C=O) groups is 1. The van der Waals surface area contributed by atoms with E-state index in [9.17, 15) is 13.2 Å². The number of sulfonamides is 1. The van der Waals surface area contributed by atoms with Crippen molar-refractivity contribution in [3.63, 3.8) is 0 Å². The highest BCUT2D eigenvalue weighted by Gasteiger charge is 2.31. The average molecular weight is 765 g/mol. The van der Waals surface area contributed by atoms with Crippen LogP contribution >= 0.6 is 12.8 Å². The number of carbonyl (C=O) groups excluding carboxylic acids is 1. The Balaban J connectivity index is 1.15. The molecule has 53 heavy (non-hydrogen) atoms. The number of aromatic nitrogens is 2. The largest absolute Gasteiger partial charge is 0.488 e. The first-order valence-corrected chi connectivity index (χ1v) is 19.2. The van der Waals surface area contributed by atoms with Crippen LogP contribution in [0.1, 0.15) is 53.9 Å². The Bertz CT molecular complexity index is 1990. The maximum absolute atomic E-state index is 13.7. The van der Waals surface area contributed by atoms with Crippen LogP contribution < -0.4 is 26.0 Å². The summed E-state index contributed by atoms with van der Waals surface area (Å²) in [6.07, 6.45) is 5.59. The number of likely N-dealkylation sites (tertiary alicyclic amines) is 1. The lowest BCUT2D eigenvalue weighted by Gasteiger charge is -2.39. The number of nitrogens with one attached hydrogen (secondary N) is 2. The third kappa shape index (κ3) is 9.98. The van der Waals surface area contributed by atoms with Gasteiger partial charge in [0.2, 0.25) is 10.0 Å². The molecule has 0 aliphatic carbocycles. The van der Waals surface area contributed by atoms with E-state index in [1.54, 1.807) is 28.6 Å². The van der Waals surface area contributed by atoms with Gasteiger partial charge < -0.3 is 20.6 Å². The summed E-state index contributed by atoms with van der Waals surface area (Å²) in [5, 5.41) is 15.1. The van der Waals surface area contributed by atoms with Crippen LogP contribution in [0.3, 0.4) is 0 Å². The molecule has 3 heterocycles. The number of hydrogen-bond acceptors (Lipinski definition) is 14. The lowest BCUT2D eigenvalue weighted by atomic mass is 10.0. The van der Waals surface area contributed by atoms with Gasteiger partial charge in [-0.15, -0.1) is 0 Å². The lowest BCUT2D eigenvalue weighted by Crippen LogP contribution is -2.53. The van der Waals surface area contributed by atoms with E-state index in [0.717, 1.165) is 30.2 Å². The summed E-state index contributed by atoms with van der Waals surface area (Å²) >= 11 is 4.32. The highest BCUT2D eigenvalue weighted by atomic mass is 32.2. The summed E-state index contributed by atoms with van der Waals surface area (Å²) in [5.74, 6) is 0.845. The second-order valence-electron chi connectivity index (χ2n) is 13.2. The third-order valence-electron chi connectivity index (χ3n) is 8.92. The molecule has 2 aliphatic heterocycles. The predicted octanol–water partition coefficient (Wildman–Crippen LogP) is 2.74. The fourth-order valence-electron chi connectivity index (χ4n) is 6.27. The first-order chi connectivity index (χ1) is 25.4. The van der Waals surface area contributed by atoms with Gasteiger partial charge in [-0.3, -0.25) is 19.3 Å². The number of ether oxygens (including phenoxy) is 2. The highest BCUT2D eigenvalue weighted by Crippen LogP contribution is 2.27. The molecule has 2 aromatic carbocycles. The van der Waals surface area contributed by atoms with E-state index in [4.69, 9.17) is 20.6 Å². The Morgan fingerprint density at radius 1 is 1.23 bits per heavy atom. The van der Waals surface area contributed by atoms with Crippen molar-refractivity contribution in [2.75, 3.05) is 39.9 Å². The Kier molecular flexibility index (Phi) is 13.6. The molecule has 0 saturated carbocycles. The summed E-state index contributed by atoms with van der Waals surface area (Å²) in [4.78, 5) is 22.9. The molecular formula is C36H48N10O5S2. The Morgan fingerprint density at radius 2 is 1.98 bits per heavy atom. The molecule has 0 bridgehead atoms. The number of nitrogens with two attached hydrogens (primary N) is 1. The summed E-state index contributed by atoms with van der Waals surface area (Å²) < 4.78 is 44.2. The fraction of sp³-hybridized carbons (Fsp3) is 0.417. The van der Waals surface area contributed by atoms with Crippen LogP contribution in [0.4, 0.5) is 0 Å². The summed E-state index contributed by atoms with van der Waals surface area (Å²) in [6, 6.07) is 12.6. The Hall–Kier alpha value is -4.39. The summed E-state index contributed by atoms with van der Waals surface area (Å²) in [6.45, 7) is 10.9. The van der Waals surface area contributed by atoms with Crippen molar-refractivity contribution in [2.45, 2.75) is 62.9 Å². The molecule has 0 amide bonds. The maximum Gasteiger partial charge on any atom is 0.243 e. The first-order valence-electron chi connectivity index (χ1n) is 17.3. The van der Waals surface area contributed by atoms with Crippen molar-refractivity contribution in [3.8, 4) is 11.5 Å². The molecule has 5 rings (SSSR count). The second kappa shape index (κ2) is 18.1. The SMILES string of the molecule is C=Nn1cnc(C(C=N)=CN)c(OC(C)C)/c1=N/CNC1CCN(S(=O)(=O)c2cccc(OC3CN(Cc4ccc(C=O)c(CN(C)S)c4)C3)c2)CC1. The van der Waals surface area contributed by atoms with Gasteiger partial charge in [0.15, 0.2) is 11.2 Å². The molecule has 0 unspecified atom stereocenters. The molecule has 2 saturated heterocycles. The van der Waals surface area contributed by atoms with E-state index in [0.29, 0.717) is 79.4 Å². The zero-order valence-corrected chi connectivity index (χ0v) is 32.0. The minimum atomic E-state index is -3.73. The van der Waals surface area contributed by atoms with Crippen molar-refractivity contribution in [3.05, 3.63) is 82.9 Å². The van der Waals surface area contributed by atoms with Crippen LogP contribution in [0, 0.1) is 5.41 Å². The van der Waals surface area contributed by atoms with E-state index < -0.39 is 10.0 Å². The van der Waals surface area contributed by atoms with Gasteiger partial charge in [-0.05, 0) is 57.0 Å². The van der Waals surface area contributed by atoms with Crippen molar-refractivity contribution in [1.29, 1.82) is 5.41 Å². The molecular weight excluding hydrogens is 717 g/mol. The maximum atomic E-state index is 13.7. The first kappa shape index (κ1) is 39.8. The van der Waals surface area contributed by atoms with Gasteiger partial charge >= 0.3 is 0 Å². The Labute approximate surface area is 316 Å². The van der Waals surface area contributed by atoms with E-state index in [1.165, 1.54) is 21.5 Å². The zero-order chi connectivity index (χ0) is 38.1. The molecule has 1 aromatic heterocycles. The van der Waals surface area contributed by atoms with Crippen LogP contribution in [0.2, 0.25) is 0 Å². The number of allylic oxidation sites excluding steroid dienone is 1. The molecule has 15 nitrogen and oxygen atoms in total. The fourth-order valence-corrected chi connectivity index (χ4v) is 7.93. The molecule has 0 atom stereocenters. The molecule has 0 spiro atoms. The van der Waals surface area contributed by atoms with Crippen LogP contribution in [0.5, 0.6) is 11.5 Å². The second-order valence-corrected chi connectivity index (χ2v) is 15.9. The van der Waals surface area contributed by atoms with Crippen LogP contribution in [-0.4, -0.2) is 109 Å². The van der Waals surface area contributed by atoms with Gasteiger partial charge in [-0.2, -0.15) is 9.41 Å². The minimum Gasteiger partial charge on any atom is -0.488 e. The molecule has 284 valence electrons. The van der Waals surface area contributed by atoms with Gasteiger partial charge in [-0.1, -0.05) is 37.1 Å². The number of benzene rings is 2. The lowest BCUT2D eigenvalue weighted by molar-refractivity contribution is 0.0144. The normalized spacial score (nSPS) is 16.9. The van der Waals surface area contributed by atoms with E-state index in [1.807, 2.05) is 39.1 Å². The van der Waals surface area contributed by atoms with Gasteiger partial charge in [-0.25, -0.2) is 23.1 Å². The van der Waals surface area contributed by atoms with Crippen LogP contribution in [0.15, 0.2) is 70.0 Å². The van der Waals surface area contributed by atoms with Gasteiger partial charge in [0.05, 0.1) is 17.7 Å². The van der Waals surface area contributed by atoms with E-state index in [-0.39, 0.29) is 29.8 Å². The van der Waals surface area contributed by atoms with Gasteiger partial charge in [0.1, 0.15) is 30.2 Å². The number of hydrogen-bond donors (Lipinski definition) is 4. The number of nitrogens with zero attached hydrogens (tertiary/aromatic N) is 7. The van der Waals surface area contributed by atoms with Crippen molar-refractivity contribution in [2.24, 2.45) is 15.8 Å². The predicted molar refractivity (Wildman–Crippen MR) is 208 cm³/mol. The van der Waals surface area contributed by atoms with E-state index in [2.05, 4.69) is 44.8 Å². The Morgan fingerprint density at radius 3 is 2.62 bits per heavy atom. The quantitative estimate of drug-likeness (QED) is 0.0906. The van der Waals surface area contributed by atoms with Crippen molar-refractivity contribution < 1.29 is 22.7 Å². The summed E-state index contributed by atoms with van der Waals surface area (Å²) in [5.41, 5.74) is 9.51. The average Bonchev–Trinajstić information content (AvgIpc) is 3.12. The van der Waals surface area contributed by atoms with E-state index >= 15 is 0 Å². The van der Waals surface area contributed by atoms with Gasteiger partial charge in [0.25, 0.3) is 0 Å². The summed E-state index contributed by atoms with van der Waals surface area (Å²) in [7, 11) is -1.89. The van der Waals surface area contributed by atoms with Crippen LogP contribution in [-0.2, 0) is 23.1 Å². The molecule has 3 aromatic rings. The molecule has 17 heteroatoms. The van der Waals surface area contributed by atoms with Crippen molar-refractivity contribution >= 4 is 47.6 Å². The number of thiol groups is 1. The molecule has 2 fully saturated rings. The smallest absolute Gasteiger partial charge is 0.243 e. The monoisotopic (exact) mass is 764 g/mol.